The van der Waals surface area contributed by atoms with E-state index in [-0.39, 0.29) is 17.6 Å². The first-order chi connectivity index (χ1) is 9.08. The van der Waals surface area contributed by atoms with Gasteiger partial charge in [0.25, 0.3) is 5.69 Å². The molecule has 1 aliphatic heterocycles. The number of carbonyl (C=O) groups excluding carboxylic acids is 1. The maximum absolute atomic E-state index is 11.8. The molecule has 0 unspecified atom stereocenters. The van der Waals surface area contributed by atoms with E-state index in [9.17, 15) is 14.9 Å². The van der Waals surface area contributed by atoms with Gasteiger partial charge < -0.3 is 10.2 Å². The van der Waals surface area contributed by atoms with Crippen molar-refractivity contribution in [2.75, 3.05) is 20.1 Å². The van der Waals surface area contributed by atoms with E-state index in [4.69, 9.17) is 0 Å². The number of likely N-dealkylation sites (N-methyl/N-ethyl adjacent to an activating group) is 1. The third-order valence-electron chi connectivity index (χ3n) is 3.18. The molecule has 0 saturated carbocycles. The largest absolute Gasteiger partial charge is 0.337 e. The molecule has 1 saturated heterocycles. The molecule has 0 radical (unpaired) electrons. The first-order valence-corrected chi connectivity index (χ1v) is 5.98. The molecule has 6 heteroatoms. The molecule has 1 aromatic carbocycles. The average Bonchev–Trinajstić information content (AvgIpc) is 2.34. The number of carbonyl (C=O) groups is 1. The van der Waals surface area contributed by atoms with Crippen LogP contribution >= 0.6 is 0 Å². The number of nitro groups is 1. The highest BCUT2D eigenvalue weighted by Gasteiger charge is 2.23. The lowest BCUT2D eigenvalue weighted by molar-refractivity contribution is -0.384. The van der Waals surface area contributed by atoms with Crippen LogP contribution in [0.2, 0.25) is 0 Å². The maximum Gasteiger partial charge on any atom is 0.269 e. The Labute approximate surface area is 110 Å². The Morgan fingerprint density at radius 2 is 2.05 bits per heavy atom. The monoisotopic (exact) mass is 261 g/mol. The molecule has 100 valence electrons. The molecule has 1 fully saturated rings. The van der Waals surface area contributed by atoms with Gasteiger partial charge in [-0.2, -0.15) is 0 Å². The van der Waals surface area contributed by atoms with Gasteiger partial charge in [-0.25, -0.2) is 0 Å². The SMILES string of the molecule is CN(C(=O)C=Cc1ccc([N+](=O)[O-])cc1)C1CNC1. The molecule has 1 aliphatic rings. The molecule has 1 amide bonds. The quantitative estimate of drug-likeness (QED) is 0.499. The molecule has 0 aliphatic carbocycles. The molecule has 2 rings (SSSR count). The van der Waals surface area contributed by atoms with Crippen molar-refractivity contribution in [1.29, 1.82) is 0 Å². The molecule has 0 spiro atoms. The summed E-state index contributed by atoms with van der Waals surface area (Å²) in [5.74, 6) is -0.0650. The summed E-state index contributed by atoms with van der Waals surface area (Å²) < 4.78 is 0. The van der Waals surface area contributed by atoms with Crippen LogP contribution in [0.3, 0.4) is 0 Å². The zero-order valence-corrected chi connectivity index (χ0v) is 10.6. The zero-order chi connectivity index (χ0) is 13.8. The molecule has 1 heterocycles. The summed E-state index contributed by atoms with van der Waals surface area (Å²) in [6, 6.07) is 6.33. The van der Waals surface area contributed by atoms with Crippen LogP contribution in [0, 0.1) is 10.1 Å². The molecular formula is C13H15N3O3. The van der Waals surface area contributed by atoms with Crippen molar-refractivity contribution in [2.24, 2.45) is 0 Å². The van der Waals surface area contributed by atoms with E-state index in [0.717, 1.165) is 18.7 Å². The van der Waals surface area contributed by atoms with E-state index in [0.29, 0.717) is 0 Å². The van der Waals surface area contributed by atoms with Gasteiger partial charge >= 0.3 is 0 Å². The predicted octanol–water partition coefficient (Wildman–Crippen LogP) is 1.04. The summed E-state index contributed by atoms with van der Waals surface area (Å²) in [5, 5.41) is 13.6. The second kappa shape index (κ2) is 5.62. The first-order valence-electron chi connectivity index (χ1n) is 5.98. The fraction of sp³-hybridized carbons (Fsp3) is 0.308. The van der Waals surface area contributed by atoms with E-state index in [2.05, 4.69) is 5.32 Å². The van der Waals surface area contributed by atoms with Crippen molar-refractivity contribution >= 4 is 17.7 Å². The third kappa shape index (κ3) is 3.17. The number of benzene rings is 1. The smallest absolute Gasteiger partial charge is 0.269 e. The van der Waals surface area contributed by atoms with Crippen molar-refractivity contribution in [3.63, 3.8) is 0 Å². The minimum atomic E-state index is -0.448. The number of non-ortho nitro benzene ring substituents is 1. The fourth-order valence-electron chi connectivity index (χ4n) is 1.72. The van der Waals surface area contributed by atoms with Gasteiger partial charge in [-0.15, -0.1) is 0 Å². The number of hydrogen-bond acceptors (Lipinski definition) is 4. The molecular weight excluding hydrogens is 246 g/mol. The summed E-state index contributed by atoms with van der Waals surface area (Å²) in [5.41, 5.74) is 0.806. The molecule has 1 N–H and O–H groups in total. The lowest BCUT2D eigenvalue weighted by Crippen LogP contribution is -2.57. The van der Waals surface area contributed by atoms with E-state index in [1.165, 1.54) is 18.2 Å². The van der Waals surface area contributed by atoms with E-state index in [1.807, 2.05) is 0 Å². The number of nitrogens with one attached hydrogen (secondary N) is 1. The molecule has 1 aromatic rings. The van der Waals surface area contributed by atoms with Crippen LogP contribution in [0.4, 0.5) is 5.69 Å². The Bertz CT molecular complexity index is 506. The standard InChI is InChI=1S/C13H15N3O3/c1-15(12-8-14-9-12)13(17)7-4-10-2-5-11(6-3-10)16(18)19/h2-7,12,14H,8-9H2,1H3. The van der Waals surface area contributed by atoms with Gasteiger partial charge in [-0.05, 0) is 23.8 Å². The highest BCUT2D eigenvalue weighted by molar-refractivity contribution is 5.91. The van der Waals surface area contributed by atoms with Gasteiger partial charge in [0.1, 0.15) is 0 Å². The Morgan fingerprint density at radius 1 is 1.42 bits per heavy atom. The van der Waals surface area contributed by atoms with Gasteiger partial charge in [-0.1, -0.05) is 0 Å². The van der Waals surface area contributed by atoms with Gasteiger partial charge in [0, 0.05) is 38.3 Å². The Kier molecular flexibility index (Phi) is 3.91. The normalized spacial score (nSPS) is 15.2. The van der Waals surface area contributed by atoms with Crippen molar-refractivity contribution in [3.05, 3.63) is 46.0 Å². The lowest BCUT2D eigenvalue weighted by Gasteiger charge is -2.34. The second-order valence-electron chi connectivity index (χ2n) is 4.44. The number of nitro benzene ring substituents is 1. The number of amides is 1. The molecule has 19 heavy (non-hydrogen) atoms. The highest BCUT2D eigenvalue weighted by atomic mass is 16.6. The van der Waals surface area contributed by atoms with E-state index in [1.54, 1.807) is 30.2 Å². The summed E-state index contributed by atoms with van der Waals surface area (Å²) >= 11 is 0. The van der Waals surface area contributed by atoms with Crippen LogP contribution < -0.4 is 5.32 Å². The van der Waals surface area contributed by atoms with Crippen molar-refractivity contribution in [3.8, 4) is 0 Å². The van der Waals surface area contributed by atoms with Crippen molar-refractivity contribution in [1.82, 2.24) is 10.2 Å². The van der Waals surface area contributed by atoms with Crippen LogP contribution in [-0.2, 0) is 4.79 Å². The number of hydrogen-bond donors (Lipinski definition) is 1. The van der Waals surface area contributed by atoms with Gasteiger partial charge in [0.2, 0.25) is 5.91 Å². The van der Waals surface area contributed by atoms with Gasteiger partial charge in [0.15, 0.2) is 0 Å². The minimum absolute atomic E-state index is 0.0427. The Balaban J connectivity index is 1.97. The summed E-state index contributed by atoms with van der Waals surface area (Å²) in [6.07, 6.45) is 3.15. The van der Waals surface area contributed by atoms with Crippen LogP contribution in [0.5, 0.6) is 0 Å². The second-order valence-corrected chi connectivity index (χ2v) is 4.44. The van der Waals surface area contributed by atoms with Gasteiger partial charge in [-0.3, -0.25) is 14.9 Å². The predicted molar refractivity (Wildman–Crippen MR) is 71.6 cm³/mol. The van der Waals surface area contributed by atoms with E-state index >= 15 is 0 Å². The topological polar surface area (TPSA) is 75.5 Å². The minimum Gasteiger partial charge on any atom is -0.337 e. The van der Waals surface area contributed by atoms with Gasteiger partial charge in [0.05, 0.1) is 11.0 Å². The third-order valence-corrected chi connectivity index (χ3v) is 3.18. The summed E-state index contributed by atoms with van der Waals surface area (Å²) in [7, 11) is 1.77. The molecule has 6 nitrogen and oxygen atoms in total. The van der Waals surface area contributed by atoms with Crippen LogP contribution in [0.15, 0.2) is 30.3 Å². The van der Waals surface area contributed by atoms with Crippen molar-refractivity contribution < 1.29 is 9.72 Å². The van der Waals surface area contributed by atoms with Crippen LogP contribution in [0.25, 0.3) is 6.08 Å². The zero-order valence-electron chi connectivity index (χ0n) is 10.6. The fourth-order valence-corrected chi connectivity index (χ4v) is 1.72. The first kappa shape index (κ1) is 13.2. The molecule has 0 bridgehead atoms. The Hall–Kier alpha value is -2.21. The number of nitrogens with zero attached hydrogens (tertiary/aromatic N) is 2. The molecule has 0 aromatic heterocycles. The Morgan fingerprint density at radius 3 is 2.53 bits per heavy atom. The average molecular weight is 261 g/mol. The van der Waals surface area contributed by atoms with Crippen LogP contribution in [0.1, 0.15) is 5.56 Å². The summed E-state index contributed by atoms with van der Waals surface area (Å²) in [4.78, 5) is 23.6. The summed E-state index contributed by atoms with van der Waals surface area (Å²) in [6.45, 7) is 1.65. The van der Waals surface area contributed by atoms with Crippen molar-refractivity contribution in [2.45, 2.75) is 6.04 Å². The van der Waals surface area contributed by atoms with Crippen LogP contribution in [-0.4, -0.2) is 41.9 Å². The lowest BCUT2D eigenvalue weighted by atomic mass is 10.1. The molecule has 0 atom stereocenters. The highest BCUT2D eigenvalue weighted by Crippen LogP contribution is 2.13. The van der Waals surface area contributed by atoms with E-state index < -0.39 is 4.92 Å². The number of rotatable bonds is 4. The maximum atomic E-state index is 11.8.